The minimum atomic E-state index is -2.66. The van der Waals surface area contributed by atoms with Crippen molar-refractivity contribution in [1.82, 2.24) is 4.90 Å². The molecule has 0 heterocycles. The molecule has 0 unspecified atom stereocenters. The Balaban J connectivity index is 3.01. The van der Waals surface area contributed by atoms with E-state index in [-0.39, 0.29) is 18.7 Å². The molecule has 0 aliphatic carbocycles. The maximum atomic E-state index is 12.4. The van der Waals surface area contributed by atoms with E-state index in [1.807, 2.05) is 6.92 Å². The van der Waals surface area contributed by atoms with Gasteiger partial charge in [0.2, 0.25) is 0 Å². The van der Waals surface area contributed by atoms with Gasteiger partial charge in [0.1, 0.15) is 0 Å². The van der Waals surface area contributed by atoms with E-state index in [9.17, 15) is 13.6 Å². The number of nitrogens with zero attached hydrogens (tertiary/aromatic N) is 1. The van der Waals surface area contributed by atoms with Crippen LogP contribution in [0, 0.1) is 6.92 Å². The summed E-state index contributed by atoms with van der Waals surface area (Å²) in [6, 6.07) is 4.85. The van der Waals surface area contributed by atoms with Crippen LogP contribution in [0.25, 0.3) is 0 Å². The van der Waals surface area contributed by atoms with Gasteiger partial charge in [-0.05, 0) is 24.6 Å². The maximum Gasteiger partial charge on any atom is 0.256 e. The molecule has 0 saturated heterocycles. The number of carbonyl (C=O) groups excluding carboxylic acids is 1. The minimum Gasteiger partial charge on any atom is -0.395 e. The first kappa shape index (κ1) is 15.3. The number of nitrogen functional groups attached to an aromatic ring is 1. The zero-order chi connectivity index (χ0) is 14.4. The Bertz CT molecular complexity index is 441. The number of alkyl halides is 2. The third-order valence-electron chi connectivity index (χ3n) is 2.58. The molecule has 0 saturated carbocycles. The van der Waals surface area contributed by atoms with Crippen LogP contribution in [0.15, 0.2) is 18.2 Å². The molecule has 1 amide bonds. The van der Waals surface area contributed by atoms with Gasteiger partial charge in [0.15, 0.2) is 0 Å². The normalized spacial score (nSPS) is 10.6. The fourth-order valence-corrected chi connectivity index (χ4v) is 1.70. The molecule has 1 aromatic carbocycles. The number of nitrogens with two attached hydrogens (primary N) is 1. The molecule has 1 rings (SSSR count). The van der Waals surface area contributed by atoms with Crippen molar-refractivity contribution < 1.29 is 18.7 Å². The van der Waals surface area contributed by atoms with Gasteiger partial charge in [0.25, 0.3) is 12.3 Å². The first-order valence-electron chi connectivity index (χ1n) is 5.75. The van der Waals surface area contributed by atoms with Gasteiger partial charge in [-0.25, -0.2) is 8.78 Å². The van der Waals surface area contributed by atoms with Crippen molar-refractivity contribution in [1.29, 1.82) is 0 Å². The lowest BCUT2D eigenvalue weighted by Crippen LogP contribution is -2.37. The second kappa shape index (κ2) is 7.01. The summed E-state index contributed by atoms with van der Waals surface area (Å²) in [6.45, 7) is 0.563. The van der Waals surface area contributed by atoms with Crippen molar-refractivity contribution in [3.05, 3.63) is 29.3 Å². The van der Waals surface area contributed by atoms with Crippen molar-refractivity contribution in [2.45, 2.75) is 13.3 Å². The van der Waals surface area contributed by atoms with Gasteiger partial charge < -0.3 is 15.4 Å². The highest BCUT2D eigenvalue weighted by Crippen LogP contribution is 2.19. The average Bonchev–Trinajstić information content (AvgIpc) is 2.36. The monoisotopic (exact) mass is 273 g/mol. The Morgan fingerprint density at radius 2 is 2.21 bits per heavy atom. The SMILES string of the molecule is Cc1ccc(C(=O)N(CCO)CC(F)F)c(NN)c1. The molecule has 0 spiro atoms. The third kappa shape index (κ3) is 4.15. The second-order valence-corrected chi connectivity index (χ2v) is 4.06. The topological polar surface area (TPSA) is 78.6 Å². The standard InChI is InChI=1S/C12H17F2N3O2/c1-8-2-3-9(10(6-8)16-15)12(19)17(4-5-18)7-11(13)14/h2-3,6,11,16,18H,4-5,7,15H2,1H3. The number of hydrogen-bond donors (Lipinski definition) is 3. The zero-order valence-corrected chi connectivity index (χ0v) is 10.6. The largest absolute Gasteiger partial charge is 0.395 e. The number of aliphatic hydroxyl groups is 1. The molecule has 0 radical (unpaired) electrons. The van der Waals surface area contributed by atoms with E-state index < -0.39 is 18.9 Å². The summed E-state index contributed by atoms with van der Waals surface area (Å²) in [5.41, 5.74) is 3.81. The van der Waals surface area contributed by atoms with Gasteiger partial charge in [0.05, 0.1) is 24.4 Å². The Hall–Kier alpha value is -1.73. The molecular formula is C12H17F2N3O2. The molecule has 0 bridgehead atoms. The van der Waals surface area contributed by atoms with E-state index in [1.54, 1.807) is 12.1 Å². The smallest absolute Gasteiger partial charge is 0.256 e. The summed E-state index contributed by atoms with van der Waals surface area (Å²) in [4.78, 5) is 13.0. The Morgan fingerprint density at radius 3 is 2.74 bits per heavy atom. The molecule has 0 fully saturated rings. The quantitative estimate of drug-likeness (QED) is 0.533. The van der Waals surface area contributed by atoms with Crippen molar-refractivity contribution in [3.8, 4) is 0 Å². The van der Waals surface area contributed by atoms with E-state index in [2.05, 4.69) is 5.43 Å². The first-order chi connectivity index (χ1) is 8.99. The van der Waals surface area contributed by atoms with Gasteiger partial charge in [0, 0.05) is 6.54 Å². The average molecular weight is 273 g/mol. The summed E-state index contributed by atoms with van der Waals surface area (Å²) in [6.07, 6.45) is -2.66. The summed E-state index contributed by atoms with van der Waals surface area (Å²) in [7, 11) is 0. The fourth-order valence-electron chi connectivity index (χ4n) is 1.70. The number of halogens is 2. The lowest BCUT2D eigenvalue weighted by Gasteiger charge is -2.22. The summed E-state index contributed by atoms with van der Waals surface area (Å²) >= 11 is 0. The number of hydrogen-bond acceptors (Lipinski definition) is 4. The molecule has 1 aromatic rings. The van der Waals surface area contributed by atoms with Crippen LogP contribution in [-0.2, 0) is 0 Å². The van der Waals surface area contributed by atoms with Crippen molar-refractivity contribution in [2.75, 3.05) is 25.1 Å². The predicted molar refractivity (Wildman–Crippen MR) is 68.0 cm³/mol. The van der Waals surface area contributed by atoms with Crippen molar-refractivity contribution >= 4 is 11.6 Å². The summed E-state index contributed by atoms with van der Waals surface area (Å²) < 4.78 is 24.8. The molecule has 5 nitrogen and oxygen atoms in total. The highest BCUT2D eigenvalue weighted by molar-refractivity contribution is 5.99. The van der Waals surface area contributed by atoms with Gasteiger partial charge in [-0.3, -0.25) is 10.6 Å². The lowest BCUT2D eigenvalue weighted by atomic mass is 10.1. The molecule has 19 heavy (non-hydrogen) atoms. The van der Waals surface area contributed by atoms with Crippen LogP contribution in [0.2, 0.25) is 0 Å². The number of hydrazine groups is 1. The summed E-state index contributed by atoms with van der Waals surface area (Å²) in [5, 5.41) is 8.84. The van der Waals surface area contributed by atoms with Gasteiger partial charge in [-0.1, -0.05) is 6.07 Å². The molecule has 0 aliphatic heterocycles. The number of benzene rings is 1. The van der Waals surface area contributed by atoms with E-state index in [4.69, 9.17) is 10.9 Å². The van der Waals surface area contributed by atoms with Crippen LogP contribution >= 0.6 is 0 Å². The second-order valence-electron chi connectivity index (χ2n) is 4.06. The number of nitrogens with one attached hydrogen (secondary N) is 1. The molecule has 0 aromatic heterocycles. The maximum absolute atomic E-state index is 12.4. The number of anilines is 1. The van der Waals surface area contributed by atoms with Crippen LogP contribution < -0.4 is 11.3 Å². The number of aryl methyl sites for hydroxylation is 1. The molecule has 106 valence electrons. The van der Waals surface area contributed by atoms with Crippen LogP contribution in [0.4, 0.5) is 14.5 Å². The molecule has 0 atom stereocenters. The van der Waals surface area contributed by atoms with E-state index in [0.29, 0.717) is 5.69 Å². The minimum absolute atomic E-state index is 0.152. The van der Waals surface area contributed by atoms with Gasteiger partial charge in [-0.2, -0.15) is 0 Å². The van der Waals surface area contributed by atoms with Gasteiger partial charge >= 0.3 is 0 Å². The predicted octanol–water partition coefficient (Wildman–Crippen LogP) is 0.980. The molecule has 4 N–H and O–H groups in total. The first-order valence-corrected chi connectivity index (χ1v) is 5.75. The van der Waals surface area contributed by atoms with E-state index in [0.717, 1.165) is 10.5 Å². The van der Waals surface area contributed by atoms with Crippen LogP contribution in [0.5, 0.6) is 0 Å². The van der Waals surface area contributed by atoms with Crippen molar-refractivity contribution in [2.24, 2.45) is 5.84 Å². The highest BCUT2D eigenvalue weighted by atomic mass is 19.3. The Morgan fingerprint density at radius 1 is 1.53 bits per heavy atom. The van der Waals surface area contributed by atoms with Crippen molar-refractivity contribution in [3.63, 3.8) is 0 Å². The molecular weight excluding hydrogens is 256 g/mol. The van der Waals surface area contributed by atoms with Gasteiger partial charge in [-0.15, -0.1) is 0 Å². The summed E-state index contributed by atoms with van der Waals surface area (Å²) in [5.74, 6) is 4.72. The highest BCUT2D eigenvalue weighted by Gasteiger charge is 2.21. The van der Waals surface area contributed by atoms with Crippen LogP contribution in [-0.4, -0.2) is 42.0 Å². The number of carbonyl (C=O) groups is 1. The number of rotatable bonds is 6. The Kier molecular flexibility index (Phi) is 5.65. The third-order valence-corrected chi connectivity index (χ3v) is 2.58. The number of aliphatic hydroxyl groups excluding tert-OH is 1. The lowest BCUT2D eigenvalue weighted by molar-refractivity contribution is 0.0510. The van der Waals surface area contributed by atoms with Crippen LogP contribution in [0.1, 0.15) is 15.9 Å². The zero-order valence-electron chi connectivity index (χ0n) is 10.6. The van der Waals surface area contributed by atoms with E-state index in [1.165, 1.54) is 6.07 Å². The molecule has 7 heteroatoms. The Labute approximate surface area is 110 Å². The fraction of sp³-hybridized carbons (Fsp3) is 0.417. The number of amides is 1. The van der Waals surface area contributed by atoms with Crippen LogP contribution in [0.3, 0.4) is 0 Å². The van der Waals surface area contributed by atoms with E-state index >= 15 is 0 Å². The molecule has 0 aliphatic rings.